The van der Waals surface area contributed by atoms with Gasteiger partial charge in [-0.3, -0.25) is 4.98 Å². The number of ether oxygens (including phenoxy) is 3. The number of pyridine rings is 1. The molecule has 1 saturated heterocycles. The van der Waals surface area contributed by atoms with Crippen LogP contribution in [-0.2, 0) is 29.0 Å². The highest BCUT2D eigenvalue weighted by atomic mass is 16.7. The number of aliphatic hydroxyl groups excluding tert-OH is 1. The van der Waals surface area contributed by atoms with E-state index in [9.17, 15) is 9.90 Å². The second kappa shape index (κ2) is 18.7. The smallest absolute Gasteiger partial charge is 0.319 e. The molecule has 9 nitrogen and oxygen atoms in total. The van der Waals surface area contributed by atoms with Crippen molar-refractivity contribution >= 4 is 11.7 Å². The largest absolute Gasteiger partial charge is 0.457 e. The number of urea groups is 1. The Balaban J connectivity index is 1.01. The predicted octanol–water partition coefficient (Wildman–Crippen LogP) is 9.32. The second-order valence-electron chi connectivity index (χ2n) is 14.2. The van der Waals surface area contributed by atoms with Crippen molar-refractivity contribution in [1.29, 1.82) is 0 Å². The Bertz CT molecular complexity index is 2150. The highest BCUT2D eigenvalue weighted by Gasteiger charge is 2.39. The fourth-order valence-electron chi connectivity index (χ4n) is 6.89. The molecule has 0 saturated carbocycles. The Kier molecular flexibility index (Phi) is 12.8. The molecule has 3 N–H and O–H groups in total. The number of carbonyl (C=O) groups is 1. The van der Waals surface area contributed by atoms with Gasteiger partial charge < -0.3 is 34.9 Å². The van der Waals surface area contributed by atoms with Crippen molar-refractivity contribution in [2.75, 3.05) is 25.5 Å². The van der Waals surface area contributed by atoms with E-state index in [-0.39, 0.29) is 30.8 Å². The quantitative estimate of drug-likeness (QED) is 0.102. The molecule has 0 bridgehead atoms. The molecule has 1 aliphatic heterocycles. The maximum atomic E-state index is 12.8. The van der Waals surface area contributed by atoms with Gasteiger partial charge >= 0.3 is 6.03 Å². The molecule has 6 aromatic rings. The van der Waals surface area contributed by atoms with Gasteiger partial charge in [0.25, 0.3) is 0 Å². The molecular weight excluding hydrogens is 701 g/mol. The van der Waals surface area contributed by atoms with Gasteiger partial charge in [0.2, 0.25) is 0 Å². The third kappa shape index (κ3) is 10.3. The molecule has 4 unspecified atom stereocenters. The van der Waals surface area contributed by atoms with Crippen LogP contribution in [0.1, 0.15) is 47.3 Å². The predicted molar refractivity (Wildman–Crippen MR) is 219 cm³/mol. The van der Waals surface area contributed by atoms with Crippen LogP contribution in [0.5, 0.6) is 11.5 Å². The van der Waals surface area contributed by atoms with Gasteiger partial charge in [0, 0.05) is 55.1 Å². The minimum atomic E-state index is -0.588. The van der Waals surface area contributed by atoms with Gasteiger partial charge in [-0.1, -0.05) is 91.9 Å². The van der Waals surface area contributed by atoms with Crippen LogP contribution in [0.15, 0.2) is 152 Å². The molecule has 1 aromatic heterocycles. The lowest BCUT2D eigenvalue weighted by Gasteiger charge is -2.42. The summed E-state index contributed by atoms with van der Waals surface area (Å²) in [5.41, 5.74) is 7.58. The first-order chi connectivity index (χ1) is 27.4. The molecule has 4 atom stereocenters. The summed E-state index contributed by atoms with van der Waals surface area (Å²) >= 11 is 0. The summed E-state index contributed by atoms with van der Waals surface area (Å²) in [6.45, 7) is 4.12. The van der Waals surface area contributed by atoms with Gasteiger partial charge in [-0.15, -0.1) is 0 Å². The van der Waals surface area contributed by atoms with E-state index in [2.05, 4.69) is 64.8 Å². The fraction of sp³-hybridized carbons (Fsp3) is 0.234. The van der Waals surface area contributed by atoms with E-state index in [4.69, 9.17) is 14.2 Å². The number of aromatic nitrogens is 1. The first kappa shape index (κ1) is 38.4. The Morgan fingerprint density at radius 1 is 0.768 bits per heavy atom. The molecule has 0 aliphatic carbocycles. The molecule has 2 amide bonds. The number of nitrogens with zero attached hydrogens (tertiary/aromatic N) is 2. The summed E-state index contributed by atoms with van der Waals surface area (Å²) in [6.07, 6.45) is 1.79. The number of hydrogen-bond acceptors (Lipinski definition) is 7. The number of amides is 2. The SMILES string of the molecule is CC1C(CN(C)CCc2ccccn2)OC(c2cccc(-c3cccc(CNC(=O)Nc4ccc(Oc5ccccc5)cc4)c3)c2)OC1c1ccc(CO)cc1. The van der Waals surface area contributed by atoms with E-state index in [1.807, 2.05) is 121 Å². The fourth-order valence-corrected chi connectivity index (χ4v) is 6.89. The molecular formula is C47H48N4O5. The molecule has 1 aliphatic rings. The summed E-state index contributed by atoms with van der Waals surface area (Å²) < 4.78 is 19.4. The van der Waals surface area contributed by atoms with Gasteiger partial charge in [-0.25, -0.2) is 4.79 Å². The number of hydrogen-bond donors (Lipinski definition) is 3. The molecule has 1 fully saturated rings. The van der Waals surface area contributed by atoms with E-state index in [1.165, 1.54) is 0 Å². The number of benzene rings is 5. The van der Waals surface area contributed by atoms with Crippen molar-refractivity contribution in [3.63, 3.8) is 0 Å². The molecule has 7 rings (SSSR count). The van der Waals surface area contributed by atoms with Crippen molar-refractivity contribution in [3.05, 3.63) is 180 Å². The number of para-hydroxylation sites is 1. The van der Waals surface area contributed by atoms with Crippen molar-refractivity contribution in [1.82, 2.24) is 15.2 Å². The van der Waals surface area contributed by atoms with Crippen LogP contribution in [0.2, 0.25) is 0 Å². The first-order valence-corrected chi connectivity index (χ1v) is 19.1. The normalized spacial score (nSPS) is 18.0. The molecule has 9 heteroatoms. The standard InChI is InChI=1S/C47H48N4O5/c1-33-44(31-51(2)27-25-40-14-6-7-26-48-40)55-46(56-45(33)36-19-17-34(32-52)18-20-36)39-13-9-12-38(29-39)37-11-8-10-35(28-37)30-49-47(53)50-41-21-23-43(24-22-41)54-42-15-4-3-5-16-42/h3-24,26,28-29,33,44-46,52H,25,27,30-32H2,1-2H3,(H2,49,50,53). The molecule has 56 heavy (non-hydrogen) atoms. The average Bonchev–Trinajstić information content (AvgIpc) is 3.24. The Morgan fingerprint density at radius 3 is 2.25 bits per heavy atom. The number of aliphatic hydroxyl groups is 1. The van der Waals surface area contributed by atoms with E-state index in [0.717, 1.165) is 64.3 Å². The minimum Gasteiger partial charge on any atom is -0.457 e. The molecule has 286 valence electrons. The van der Waals surface area contributed by atoms with Crippen LogP contribution in [0.25, 0.3) is 11.1 Å². The zero-order valence-electron chi connectivity index (χ0n) is 31.8. The zero-order valence-corrected chi connectivity index (χ0v) is 31.8. The molecule has 0 radical (unpaired) electrons. The van der Waals surface area contributed by atoms with E-state index in [0.29, 0.717) is 18.0 Å². The Hall–Kier alpha value is -5.84. The highest BCUT2D eigenvalue weighted by Crippen LogP contribution is 2.42. The van der Waals surface area contributed by atoms with Crippen LogP contribution >= 0.6 is 0 Å². The van der Waals surface area contributed by atoms with E-state index in [1.54, 1.807) is 0 Å². The lowest BCUT2D eigenvalue weighted by atomic mass is 9.90. The molecule has 5 aromatic carbocycles. The maximum absolute atomic E-state index is 12.8. The third-order valence-corrected chi connectivity index (χ3v) is 10.1. The van der Waals surface area contributed by atoms with Crippen molar-refractivity contribution in [2.45, 2.75) is 45.0 Å². The van der Waals surface area contributed by atoms with Crippen molar-refractivity contribution < 1.29 is 24.1 Å². The topological polar surface area (TPSA) is 105 Å². The van der Waals surface area contributed by atoms with Gasteiger partial charge in [-0.2, -0.15) is 0 Å². The number of rotatable bonds is 14. The third-order valence-electron chi connectivity index (χ3n) is 10.1. The Morgan fingerprint density at radius 2 is 1.50 bits per heavy atom. The van der Waals surface area contributed by atoms with Crippen LogP contribution < -0.4 is 15.4 Å². The molecule has 0 spiro atoms. The summed E-state index contributed by atoms with van der Waals surface area (Å²) in [5.74, 6) is 1.51. The number of nitrogens with one attached hydrogen (secondary N) is 2. The lowest BCUT2D eigenvalue weighted by Crippen LogP contribution is -2.43. The van der Waals surface area contributed by atoms with Crippen LogP contribution in [0, 0.1) is 5.92 Å². The van der Waals surface area contributed by atoms with Crippen molar-refractivity contribution in [3.8, 4) is 22.6 Å². The number of carbonyl (C=O) groups excluding carboxylic acids is 1. The van der Waals surface area contributed by atoms with Crippen LogP contribution in [-0.4, -0.2) is 47.3 Å². The maximum Gasteiger partial charge on any atom is 0.319 e. The van der Waals surface area contributed by atoms with E-state index >= 15 is 0 Å². The summed E-state index contributed by atoms with van der Waals surface area (Å²) in [7, 11) is 2.13. The van der Waals surface area contributed by atoms with Crippen LogP contribution in [0.3, 0.4) is 0 Å². The van der Waals surface area contributed by atoms with Gasteiger partial charge in [0.05, 0.1) is 18.8 Å². The van der Waals surface area contributed by atoms with Gasteiger partial charge in [0.1, 0.15) is 11.5 Å². The monoisotopic (exact) mass is 748 g/mol. The summed E-state index contributed by atoms with van der Waals surface area (Å²) in [6, 6.07) is 47.0. The Labute approximate surface area is 328 Å². The van der Waals surface area contributed by atoms with Crippen LogP contribution in [0.4, 0.5) is 10.5 Å². The van der Waals surface area contributed by atoms with Crippen molar-refractivity contribution in [2.24, 2.45) is 5.92 Å². The molecule has 2 heterocycles. The number of likely N-dealkylation sites (N-methyl/N-ethyl adjacent to an activating group) is 1. The summed E-state index contributed by atoms with van der Waals surface area (Å²) in [5, 5.41) is 15.5. The van der Waals surface area contributed by atoms with Gasteiger partial charge in [0.15, 0.2) is 6.29 Å². The second-order valence-corrected chi connectivity index (χ2v) is 14.2. The summed E-state index contributed by atoms with van der Waals surface area (Å²) in [4.78, 5) is 19.6. The zero-order chi connectivity index (χ0) is 38.7. The first-order valence-electron chi connectivity index (χ1n) is 19.1. The average molecular weight is 749 g/mol. The number of anilines is 1. The highest BCUT2D eigenvalue weighted by molar-refractivity contribution is 5.89. The minimum absolute atomic E-state index is 0.00544. The van der Waals surface area contributed by atoms with E-state index < -0.39 is 6.29 Å². The lowest BCUT2D eigenvalue weighted by molar-refractivity contribution is -0.275. The van der Waals surface area contributed by atoms with Gasteiger partial charge in [-0.05, 0) is 95.5 Å².